The van der Waals surface area contributed by atoms with Crippen LogP contribution in [0.25, 0.3) is 0 Å². The van der Waals surface area contributed by atoms with Crippen molar-refractivity contribution >= 4 is 0 Å². The molecule has 1 unspecified atom stereocenters. The van der Waals surface area contributed by atoms with Crippen molar-refractivity contribution in [3.63, 3.8) is 0 Å². The Labute approximate surface area is 91.9 Å². The minimum Gasteiger partial charge on any atom is -0.475 e. The summed E-state index contributed by atoms with van der Waals surface area (Å²) in [5, 5.41) is 3.28. The molecule has 0 spiro atoms. The molecule has 1 N–H and O–H groups in total. The van der Waals surface area contributed by atoms with Crippen LogP contribution < -0.4 is 10.1 Å². The summed E-state index contributed by atoms with van der Waals surface area (Å²) in [5.41, 5.74) is 1.21. The Morgan fingerprint density at radius 2 is 2.27 bits per heavy atom. The topological polar surface area (TPSA) is 34.2 Å². The zero-order chi connectivity index (χ0) is 11.1. The van der Waals surface area contributed by atoms with E-state index in [1.807, 2.05) is 12.1 Å². The number of nitrogens with one attached hydrogen (secondary N) is 1. The molecule has 0 aliphatic rings. The zero-order valence-corrected chi connectivity index (χ0v) is 9.79. The van der Waals surface area contributed by atoms with E-state index in [9.17, 15) is 0 Å². The number of hydrogen-bond acceptors (Lipinski definition) is 3. The Morgan fingerprint density at radius 1 is 1.47 bits per heavy atom. The van der Waals surface area contributed by atoms with E-state index in [1.54, 1.807) is 6.20 Å². The van der Waals surface area contributed by atoms with Gasteiger partial charge in [-0.2, -0.15) is 0 Å². The molecule has 15 heavy (non-hydrogen) atoms. The zero-order valence-electron chi connectivity index (χ0n) is 9.79. The Bertz CT molecular complexity index is 289. The molecule has 84 valence electrons. The van der Waals surface area contributed by atoms with Crippen LogP contribution in [0, 0.1) is 0 Å². The molecule has 3 heteroatoms. The highest BCUT2D eigenvalue weighted by atomic mass is 16.5. The highest BCUT2D eigenvalue weighted by molar-refractivity contribution is 5.20. The smallest absolute Gasteiger partial charge is 0.213 e. The van der Waals surface area contributed by atoms with Gasteiger partial charge in [0, 0.05) is 18.8 Å². The molecule has 0 bridgehead atoms. The maximum atomic E-state index is 5.65. The fourth-order valence-corrected chi connectivity index (χ4v) is 1.18. The molecule has 0 aromatic carbocycles. The van der Waals surface area contributed by atoms with Gasteiger partial charge >= 0.3 is 0 Å². The van der Waals surface area contributed by atoms with Crippen LogP contribution in [-0.2, 0) is 6.54 Å². The first kappa shape index (κ1) is 12.0. The second-order valence-electron chi connectivity index (χ2n) is 3.62. The van der Waals surface area contributed by atoms with Crippen molar-refractivity contribution in [2.45, 2.75) is 39.8 Å². The molecule has 1 aromatic heterocycles. The number of pyridine rings is 1. The van der Waals surface area contributed by atoms with Crippen LogP contribution in [-0.4, -0.2) is 17.6 Å². The minimum atomic E-state index is 0.229. The predicted octanol–water partition coefficient (Wildman–Crippen LogP) is 2.37. The van der Waals surface area contributed by atoms with Crippen LogP contribution in [0.1, 0.15) is 32.8 Å². The first-order valence-corrected chi connectivity index (χ1v) is 5.58. The first-order chi connectivity index (χ1) is 7.26. The largest absolute Gasteiger partial charge is 0.475 e. The molecule has 1 rings (SSSR count). The average Bonchev–Trinajstić information content (AvgIpc) is 2.26. The molecule has 0 amide bonds. The summed E-state index contributed by atoms with van der Waals surface area (Å²) in [4.78, 5) is 4.19. The Balaban J connectivity index is 2.57. The third-order valence-corrected chi connectivity index (χ3v) is 2.28. The Kier molecular flexibility index (Phi) is 5.12. The lowest BCUT2D eigenvalue weighted by molar-refractivity contribution is 0.208. The fourth-order valence-electron chi connectivity index (χ4n) is 1.18. The molecular weight excluding hydrogens is 188 g/mol. The predicted molar refractivity (Wildman–Crippen MR) is 62.0 cm³/mol. The van der Waals surface area contributed by atoms with E-state index < -0.39 is 0 Å². The third kappa shape index (κ3) is 4.30. The van der Waals surface area contributed by atoms with Gasteiger partial charge in [0.1, 0.15) is 0 Å². The van der Waals surface area contributed by atoms with Gasteiger partial charge in [0.25, 0.3) is 0 Å². The van der Waals surface area contributed by atoms with Crippen molar-refractivity contribution in [2.75, 3.05) is 6.54 Å². The van der Waals surface area contributed by atoms with Gasteiger partial charge in [-0.25, -0.2) is 4.98 Å². The van der Waals surface area contributed by atoms with Crippen molar-refractivity contribution < 1.29 is 4.74 Å². The molecule has 0 aliphatic carbocycles. The summed E-state index contributed by atoms with van der Waals surface area (Å²) < 4.78 is 5.65. The third-order valence-electron chi connectivity index (χ3n) is 2.28. The number of nitrogens with zero attached hydrogens (tertiary/aromatic N) is 1. The Morgan fingerprint density at radius 3 is 2.93 bits per heavy atom. The van der Waals surface area contributed by atoms with Crippen molar-refractivity contribution in [2.24, 2.45) is 0 Å². The van der Waals surface area contributed by atoms with Crippen LogP contribution in [0.3, 0.4) is 0 Å². The summed E-state index contributed by atoms with van der Waals surface area (Å²) in [7, 11) is 0. The van der Waals surface area contributed by atoms with Crippen LogP contribution >= 0.6 is 0 Å². The van der Waals surface area contributed by atoms with E-state index in [2.05, 4.69) is 31.1 Å². The van der Waals surface area contributed by atoms with E-state index in [0.717, 1.165) is 25.4 Å². The van der Waals surface area contributed by atoms with Gasteiger partial charge < -0.3 is 10.1 Å². The van der Waals surface area contributed by atoms with Crippen LogP contribution in [0.2, 0.25) is 0 Å². The van der Waals surface area contributed by atoms with Gasteiger partial charge in [0.15, 0.2) is 0 Å². The maximum Gasteiger partial charge on any atom is 0.213 e. The normalized spacial score (nSPS) is 12.5. The maximum absolute atomic E-state index is 5.65. The van der Waals surface area contributed by atoms with Crippen molar-refractivity contribution in [1.29, 1.82) is 0 Å². The first-order valence-electron chi connectivity index (χ1n) is 5.58. The SMILES string of the molecule is CCNCc1ccnc(OC(C)CC)c1. The highest BCUT2D eigenvalue weighted by Gasteiger charge is 2.02. The molecule has 0 aliphatic heterocycles. The van der Waals surface area contributed by atoms with E-state index in [4.69, 9.17) is 4.74 Å². The highest BCUT2D eigenvalue weighted by Crippen LogP contribution is 2.11. The molecule has 0 fully saturated rings. The average molecular weight is 208 g/mol. The molecule has 3 nitrogen and oxygen atoms in total. The summed E-state index contributed by atoms with van der Waals surface area (Å²) in [6.45, 7) is 8.10. The minimum absolute atomic E-state index is 0.229. The van der Waals surface area contributed by atoms with Gasteiger partial charge in [-0.1, -0.05) is 13.8 Å². The summed E-state index contributed by atoms with van der Waals surface area (Å²) in [6.07, 6.45) is 3.02. The molecular formula is C12H20N2O. The summed E-state index contributed by atoms with van der Waals surface area (Å²) in [6, 6.07) is 4.00. The second kappa shape index (κ2) is 6.40. The van der Waals surface area contributed by atoms with Crippen LogP contribution in [0.4, 0.5) is 0 Å². The number of ether oxygens (including phenoxy) is 1. The van der Waals surface area contributed by atoms with Gasteiger partial charge in [-0.05, 0) is 31.5 Å². The second-order valence-corrected chi connectivity index (χ2v) is 3.62. The number of rotatable bonds is 6. The summed E-state index contributed by atoms with van der Waals surface area (Å²) in [5.74, 6) is 0.722. The van der Waals surface area contributed by atoms with Gasteiger partial charge in [-0.15, -0.1) is 0 Å². The van der Waals surface area contributed by atoms with E-state index in [1.165, 1.54) is 5.56 Å². The quantitative estimate of drug-likeness (QED) is 0.779. The van der Waals surface area contributed by atoms with Gasteiger partial charge in [-0.3, -0.25) is 0 Å². The molecule has 0 saturated carbocycles. The molecule has 1 atom stereocenters. The van der Waals surface area contributed by atoms with Crippen molar-refractivity contribution in [3.8, 4) is 5.88 Å². The molecule has 0 radical (unpaired) electrons. The lowest BCUT2D eigenvalue weighted by Crippen LogP contribution is -2.13. The van der Waals surface area contributed by atoms with E-state index in [0.29, 0.717) is 0 Å². The fraction of sp³-hybridized carbons (Fsp3) is 0.583. The Hall–Kier alpha value is -1.09. The number of aromatic nitrogens is 1. The van der Waals surface area contributed by atoms with Crippen LogP contribution in [0.5, 0.6) is 5.88 Å². The standard InChI is InChI=1S/C12H20N2O/c1-4-10(3)15-12-8-11(6-7-14-12)9-13-5-2/h6-8,10,13H,4-5,9H2,1-3H3. The van der Waals surface area contributed by atoms with E-state index >= 15 is 0 Å². The number of hydrogen-bond donors (Lipinski definition) is 1. The lowest BCUT2D eigenvalue weighted by Gasteiger charge is -2.12. The van der Waals surface area contributed by atoms with Crippen molar-refractivity contribution in [3.05, 3.63) is 23.9 Å². The molecule has 1 aromatic rings. The monoisotopic (exact) mass is 208 g/mol. The summed E-state index contributed by atoms with van der Waals surface area (Å²) >= 11 is 0. The lowest BCUT2D eigenvalue weighted by atomic mass is 10.2. The van der Waals surface area contributed by atoms with Gasteiger partial charge in [0.2, 0.25) is 5.88 Å². The van der Waals surface area contributed by atoms with Gasteiger partial charge in [0.05, 0.1) is 6.10 Å². The van der Waals surface area contributed by atoms with E-state index in [-0.39, 0.29) is 6.10 Å². The molecule has 0 saturated heterocycles. The van der Waals surface area contributed by atoms with Crippen molar-refractivity contribution in [1.82, 2.24) is 10.3 Å². The molecule has 1 heterocycles. The van der Waals surface area contributed by atoms with Crippen LogP contribution in [0.15, 0.2) is 18.3 Å².